The van der Waals surface area contributed by atoms with Gasteiger partial charge in [-0.2, -0.15) is 5.26 Å². The van der Waals surface area contributed by atoms with E-state index in [9.17, 15) is 14.4 Å². The van der Waals surface area contributed by atoms with E-state index >= 15 is 0 Å². The lowest BCUT2D eigenvalue weighted by atomic mass is 9.97. The van der Waals surface area contributed by atoms with Crippen LogP contribution in [-0.4, -0.2) is 29.8 Å². The number of urea groups is 1. The number of ketones is 1. The molecular weight excluding hydrogens is 308 g/mol. The Balaban J connectivity index is 2.08. The van der Waals surface area contributed by atoms with E-state index in [0.717, 1.165) is 12.8 Å². The van der Waals surface area contributed by atoms with Crippen molar-refractivity contribution in [3.63, 3.8) is 0 Å². The van der Waals surface area contributed by atoms with Crippen LogP contribution < -0.4 is 16.0 Å². The Hall–Kier alpha value is -2.88. The minimum atomic E-state index is -1.41. The number of nitrogens with zero attached hydrogens (tertiary/aromatic N) is 1. The number of benzene rings is 1. The molecule has 0 heterocycles. The number of rotatable bonds is 6. The summed E-state index contributed by atoms with van der Waals surface area (Å²) in [5.41, 5.74) is 0.629. The van der Waals surface area contributed by atoms with Crippen LogP contribution in [0.25, 0.3) is 0 Å². The zero-order valence-electron chi connectivity index (χ0n) is 13.6. The molecule has 0 aromatic heterocycles. The molecule has 7 heteroatoms. The van der Waals surface area contributed by atoms with Gasteiger partial charge in [-0.1, -0.05) is 12.1 Å². The zero-order valence-corrected chi connectivity index (χ0v) is 13.6. The highest BCUT2D eigenvalue weighted by atomic mass is 16.2. The Morgan fingerprint density at radius 1 is 1.25 bits per heavy atom. The summed E-state index contributed by atoms with van der Waals surface area (Å²) < 4.78 is 0. The number of hydrogen-bond donors (Lipinski definition) is 3. The number of anilines is 1. The first-order chi connectivity index (χ1) is 11.4. The van der Waals surface area contributed by atoms with E-state index in [1.807, 2.05) is 0 Å². The van der Waals surface area contributed by atoms with Gasteiger partial charge in [-0.25, -0.2) is 4.79 Å². The zero-order chi connectivity index (χ0) is 17.7. The summed E-state index contributed by atoms with van der Waals surface area (Å²) in [4.78, 5) is 36.1. The molecular formula is C17H20N4O3. The first kappa shape index (κ1) is 17.5. The number of hydrogen-bond acceptors (Lipinski definition) is 4. The van der Waals surface area contributed by atoms with Crippen molar-refractivity contribution >= 4 is 23.4 Å². The first-order valence-corrected chi connectivity index (χ1v) is 7.82. The molecule has 1 atom stereocenters. The minimum Gasteiger partial charge on any atom is -0.352 e. The second-order valence-electron chi connectivity index (χ2n) is 6.04. The molecule has 0 aliphatic heterocycles. The van der Waals surface area contributed by atoms with Crippen LogP contribution in [0.15, 0.2) is 24.3 Å². The van der Waals surface area contributed by atoms with E-state index in [0.29, 0.717) is 5.69 Å². The van der Waals surface area contributed by atoms with E-state index in [-0.39, 0.29) is 23.7 Å². The molecule has 24 heavy (non-hydrogen) atoms. The normalized spacial score (nSPS) is 14.4. The van der Waals surface area contributed by atoms with Crippen LogP contribution in [-0.2, 0) is 4.79 Å². The van der Waals surface area contributed by atoms with Crippen molar-refractivity contribution in [3.8, 4) is 6.07 Å². The quantitative estimate of drug-likeness (QED) is 0.546. The van der Waals surface area contributed by atoms with Gasteiger partial charge in [0.05, 0.1) is 6.07 Å². The van der Waals surface area contributed by atoms with Crippen molar-refractivity contribution in [2.45, 2.75) is 38.8 Å². The Labute approximate surface area is 140 Å². The summed E-state index contributed by atoms with van der Waals surface area (Å²) in [6.07, 6.45) is 1.95. The van der Waals surface area contributed by atoms with Crippen LogP contribution in [0, 0.1) is 17.2 Å². The van der Waals surface area contributed by atoms with Crippen molar-refractivity contribution < 1.29 is 14.4 Å². The molecule has 1 unspecified atom stereocenters. The number of carbonyl (C=O) groups excluding carboxylic acids is 3. The molecule has 0 radical (unpaired) electrons. The van der Waals surface area contributed by atoms with Gasteiger partial charge in [-0.15, -0.1) is 0 Å². The van der Waals surface area contributed by atoms with Gasteiger partial charge >= 0.3 is 6.03 Å². The lowest BCUT2D eigenvalue weighted by Gasteiger charge is -2.13. The maximum atomic E-state index is 12.4. The Morgan fingerprint density at radius 3 is 2.54 bits per heavy atom. The molecule has 0 bridgehead atoms. The minimum absolute atomic E-state index is 0.166. The van der Waals surface area contributed by atoms with Crippen molar-refractivity contribution in [2.24, 2.45) is 5.92 Å². The molecule has 1 aliphatic rings. The standard InChI is InChI=1S/C17H20N4O3/c1-10(2)19-16(23)14(9-18)15(22)11-4-3-5-13(8-11)21-17(24)20-12-6-7-12/h3-5,8,10,12,14H,6-7H2,1-2H3,(H,19,23)(H2,20,21,24). The number of amides is 3. The Morgan fingerprint density at radius 2 is 1.96 bits per heavy atom. The number of carbonyl (C=O) groups is 3. The van der Waals surface area contributed by atoms with Crippen molar-refractivity contribution in [1.82, 2.24) is 10.6 Å². The highest BCUT2D eigenvalue weighted by molar-refractivity contribution is 6.12. The topological polar surface area (TPSA) is 111 Å². The third kappa shape index (κ3) is 4.81. The molecule has 3 N–H and O–H groups in total. The van der Waals surface area contributed by atoms with Crippen LogP contribution in [0.5, 0.6) is 0 Å². The highest BCUT2D eigenvalue weighted by Gasteiger charge is 2.28. The maximum Gasteiger partial charge on any atom is 0.319 e. The van der Waals surface area contributed by atoms with Gasteiger partial charge in [-0.3, -0.25) is 9.59 Å². The molecule has 1 fully saturated rings. The predicted molar refractivity (Wildman–Crippen MR) is 88.3 cm³/mol. The van der Waals surface area contributed by atoms with Crippen molar-refractivity contribution in [1.29, 1.82) is 5.26 Å². The summed E-state index contributed by atoms with van der Waals surface area (Å²) in [6, 6.07) is 7.66. The summed E-state index contributed by atoms with van der Waals surface area (Å²) in [7, 11) is 0. The number of nitrogens with one attached hydrogen (secondary N) is 3. The van der Waals surface area contributed by atoms with Gasteiger partial charge in [0.1, 0.15) is 0 Å². The van der Waals surface area contributed by atoms with Gasteiger partial charge in [0.2, 0.25) is 5.91 Å². The molecule has 7 nitrogen and oxygen atoms in total. The Bertz CT molecular complexity index is 689. The van der Waals surface area contributed by atoms with Gasteiger partial charge in [0.25, 0.3) is 0 Å². The van der Waals surface area contributed by atoms with E-state index in [1.165, 1.54) is 12.1 Å². The molecule has 1 aliphatic carbocycles. The highest BCUT2D eigenvalue weighted by Crippen LogP contribution is 2.19. The largest absolute Gasteiger partial charge is 0.352 e. The smallest absolute Gasteiger partial charge is 0.319 e. The molecule has 0 spiro atoms. The van der Waals surface area contributed by atoms with Crippen LogP contribution in [0.1, 0.15) is 37.0 Å². The third-order valence-corrected chi connectivity index (χ3v) is 3.40. The predicted octanol–water partition coefficient (Wildman–Crippen LogP) is 1.82. The van der Waals surface area contributed by atoms with Crippen LogP contribution >= 0.6 is 0 Å². The summed E-state index contributed by atoms with van der Waals surface area (Å²) in [5, 5.41) is 17.1. The van der Waals surface area contributed by atoms with E-state index < -0.39 is 17.6 Å². The lowest BCUT2D eigenvalue weighted by Crippen LogP contribution is -2.38. The van der Waals surface area contributed by atoms with Crippen LogP contribution in [0.2, 0.25) is 0 Å². The van der Waals surface area contributed by atoms with E-state index in [2.05, 4.69) is 16.0 Å². The molecule has 0 saturated heterocycles. The van der Waals surface area contributed by atoms with Gasteiger partial charge in [-0.05, 0) is 38.8 Å². The second-order valence-corrected chi connectivity index (χ2v) is 6.04. The monoisotopic (exact) mass is 328 g/mol. The molecule has 2 rings (SSSR count). The first-order valence-electron chi connectivity index (χ1n) is 7.82. The van der Waals surface area contributed by atoms with Gasteiger partial charge in [0.15, 0.2) is 11.7 Å². The SMILES string of the molecule is CC(C)NC(=O)C(C#N)C(=O)c1cccc(NC(=O)NC2CC2)c1. The van der Waals surface area contributed by atoms with Crippen molar-refractivity contribution in [3.05, 3.63) is 29.8 Å². The van der Waals surface area contributed by atoms with E-state index in [1.54, 1.807) is 32.0 Å². The van der Waals surface area contributed by atoms with Crippen LogP contribution in [0.4, 0.5) is 10.5 Å². The maximum absolute atomic E-state index is 12.4. The fraction of sp³-hybridized carbons (Fsp3) is 0.412. The van der Waals surface area contributed by atoms with Crippen molar-refractivity contribution in [2.75, 3.05) is 5.32 Å². The molecule has 3 amide bonds. The number of Topliss-reactive ketones (excluding diaryl/α,β-unsaturated/α-hetero) is 1. The molecule has 1 saturated carbocycles. The fourth-order valence-electron chi connectivity index (χ4n) is 2.10. The second kappa shape index (κ2) is 7.59. The average Bonchev–Trinajstić information content (AvgIpc) is 3.31. The fourth-order valence-corrected chi connectivity index (χ4v) is 2.10. The average molecular weight is 328 g/mol. The molecule has 1 aromatic carbocycles. The van der Waals surface area contributed by atoms with Gasteiger partial charge < -0.3 is 16.0 Å². The summed E-state index contributed by atoms with van der Waals surface area (Å²) in [6.45, 7) is 3.50. The number of nitriles is 1. The lowest BCUT2D eigenvalue weighted by molar-refractivity contribution is -0.122. The molecule has 126 valence electrons. The molecule has 1 aromatic rings. The van der Waals surface area contributed by atoms with Gasteiger partial charge in [0, 0.05) is 23.3 Å². The van der Waals surface area contributed by atoms with E-state index in [4.69, 9.17) is 5.26 Å². The summed E-state index contributed by atoms with van der Waals surface area (Å²) in [5.74, 6) is -2.63. The van der Waals surface area contributed by atoms with Crippen LogP contribution in [0.3, 0.4) is 0 Å². The Kier molecular flexibility index (Phi) is 5.53. The third-order valence-electron chi connectivity index (χ3n) is 3.40. The summed E-state index contributed by atoms with van der Waals surface area (Å²) >= 11 is 0.